The number of aromatic nitrogens is 2. The van der Waals surface area contributed by atoms with E-state index in [0.29, 0.717) is 6.54 Å². The first-order valence-corrected chi connectivity index (χ1v) is 10.5. The molecule has 31 heavy (non-hydrogen) atoms. The van der Waals surface area contributed by atoms with Crippen LogP contribution in [0, 0.1) is 0 Å². The molecular weight excluding hydrogens is 505 g/mol. The molecule has 1 aromatic carbocycles. The molecule has 166 valence electrons. The lowest BCUT2D eigenvalue weighted by molar-refractivity contribution is 0.114. The van der Waals surface area contributed by atoms with Crippen molar-refractivity contribution in [1.82, 2.24) is 20.4 Å². The Hall–Kier alpha value is -2.33. The summed E-state index contributed by atoms with van der Waals surface area (Å²) in [4.78, 5) is 4.83. The van der Waals surface area contributed by atoms with Gasteiger partial charge in [0.05, 0.1) is 24.6 Å². The number of rotatable bonds is 8. The standard InChI is InChI=1S/C23H29N5O2.HI/c1-28-17-19(22(27-28)18-7-3-2-4-8-18)15-25-23(26-16-21-10-6-14-30-21)24-12-11-20-9-5-13-29-20;/h2-5,7-9,13,17,21H,6,10-12,14-16H2,1H3,(H2,24,25,26);1H. The number of hydrogen-bond acceptors (Lipinski definition) is 4. The van der Waals surface area contributed by atoms with Gasteiger partial charge in [-0.2, -0.15) is 5.10 Å². The maximum Gasteiger partial charge on any atom is 0.191 e. The van der Waals surface area contributed by atoms with Gasteiger partial charge in [0.25, 0.3) is 0 Å². The summed E-state index contributed by atoms with van der Waals surface area (Å²) in [5, 5.41) is 11.5. The number of nitrogens with one attached hydrogen (secondary N) is 2. The van der Waals surface area contributed by atoms with Crippen LogP contribution in [0.4, 0.5) is 0 Å². The van der Waals surface area contributed by atoms with Crippen molar-refractivity contribution in [2.75, 3.05) is 19.7 Å². The number of aryl methyl sites for hydroxylation is 1. The van der Waals surface area contributed by atoms with E-state index >= 15 is 0 Å². The molecule has 1 fully saturated rings. The smallest absolute Gasteiger partial charge is 0.191 e. The van der Waals surface area contributed by atoms with E-state index in [1.54, 1.807) is 6.26 Å². The largest absolute Gasteiger partial charge is 0.469 e. The zero-order valence-electron chi connectivity index (χ0n) is 17.8. The van der Waals surface area contributed by atoms with Crippen molar-refractivity contribution in [1.29, 1.82) is 0 Å². The van der Waals surface area contributed by atoms with Crippen LogP contribution in [0.15, 0.2) is 64.3 Å². The summed E-state index contributed by atoms with van der Waals surface area (Å²) in [6.45, 7) is 2.88. The number of furan rings is 1. The van der Waals surface area contributed by atoms with E-state index in [1.807, 2.05) is 48.3 Å². The number of benzene rings is 1. The fraction of sp³-hybridized carbons (Fsp3) is 0.391. The fourth-order valence-electron chi connectivity index (χ4n) is 3.61. The summed E-state index contributed by atoms with van der Waals surface area (Å²) < 4.78 is 13.0. The van der Waals surface area contributed by atoms with E-state index in [4.69, 9.17) is 14.1 Å². The van der Waals surface area contributed by atoms with Crippen LogP contribution >= 0.6 is 24.0 Å². The SMILES string of the molecule is Cn1cc(CN=C(NCCc2ccco2)NCC2CCCO2)c(-c2ccccc2)n1.I. The van der Waals surface area contributed by atoms with Crippen molar-refractivity contribution in [3.63, 3.8) is 0 Å². The Morgan fingerprint density at radius 3 is 2.81 bits per heavy atom. The molecule has 0 bridgehead atoms. The third-order valence-corrected chi connectivity index (χ3v) is 5.12. The van der Waals surface area contributed by atoms with Gasteiger partial charge in [0, 0.05) is 50.5 Å². The van der Waals surface area contributed by atoms with Crippen LogP contribution in [0.2, 0.25) is 0 Å². The second-order valence-corrected chi connectivity index (χ2v) is 7.48. The van der Waals surface area contributed by atoms with Crippen LogP contribution in [0.3, 0.4) is 0 Å². The van der Waals surface area contributed by atoms with E-state index < -0.39 is 0 Å². The van der Waals surface area contributed by atoms with Crippen molar-refractivity contribution in [2.45, 2.75) is 31.9 Å². The molecule has 0 saturated carbocycles. The molecule has 0 spiro atoms. The van der Waals surface area contributed by atoms with Gasteiger partial charge in [-0.3, -0.25) is 4.68 Å². The molecule has 3 aromatic rings. The maximum atomic E-state index is 5.74. The Bertz CT molecular complexity index is 934. The molecular formula is C23H30IN5O2. The number of guanidine groups is 1. The molecule has 3 heterocycles. The average Bonchev–Trinajstić information content (AvgIpc) is 3.53. The van der Waals surface area contributed by atoms with Gasteiger partial charge in [-0.25, -0.2) is 4.99 Å². The molecule has 1 aliphatic heterocycles. The van der Waals surface area contributed by atoms with Crippen molar-refractivity contribution in [2.24, 2.45) is 12.0 Å². The first kappa shape index (κ1) is 23.3. The van der Waals surface area contributed by atoms with E-state index in [1.165, 1.54) is 0 Å². The highest BCUT2D eigenvalue weighted by Gasteiger charge is 2.16. The summed E-state index contributed by atoms with van der Waals surface area (Å²) in [5.41, 5.74) is 3.16. The third-order valence-electron chi connectivity index (χ3n) is 5.12. The van der Waals surface area contributed by atoms with E-state index in [0.717, 1.165) is 67.5 Å². The van der Waals surface area contributed by atoms with Crippen LogP contribution in [0.25, 0.3) is 11.3 Å². The third kappa shape index (κ3) is 6.83. The van der Waals surface area contributed by atoms with Crippen molar-refractivity contribution >= 4 is 29.9 Å². The summed E-state index contributed by atoms with van der Waals surface area (Å²) in [7, 11) is 1.94. The van der Waals surface area contributed by atoms with Gasteiger partial charge in [0.1, 0.15) is 5.76 Å². The second kappa shape index (κ2) is 11.9. The lowest BCUT2D eigenvalue weighted by Crippen LogP contribution is -2.41. The van der Waals surface area contributed by atoms with Gasteiger partial charge in [0.2, 0.25) is 0 Å². The predicted molar refractivity (Wildman–Crippen MR) is 133 cm³/mol. The van der Waals surface area contributed by atoms with Gasteiger partial charge in [-0.15, -0.1) is 24.0 Å². The first-order valence-electron chi connectivity index (χ1n) is 10.5. The Kier molecular flexibility index (Phi) is 8.96. The molecule has 4 rings (SSSR count). The highest BCUT2D eigenvalue weighted by molar-refractivity contribution is 14.0. The molecule has 0 aliphatic carbocycles. The van der Waals surface area contributed by atoms with E-state index in [-0.39, 0.29) is 30.1 Å². The lowest BCUT2D eigenvalue weighted by atomic mass is 10.1. The Morgan fingerprint density at radius 1 is 1.19 bits per heavy atom. The number of aliphatic imine (C=N–C) groups is 1. The zero-order valence-corrected chi connectivity index (χ0v) is 20.1. The molecule has 2 N–H and O–H groups in total. The minimum Gasteiger partial charge on any atom is -0.469 e. The number of hydrogen-bond donors (Lipinski definition) is 2. The van der Waals surface area contributed by atoms with Gasteiger partial charge in [0.15, 0.2) is 5.96 Å². The minimum atomic E-state index is 0. The fourth-order valence-corrected chi connectivity index (χ4v) is 3.61. The number of halogens is 1. The summed E-state index contributed by atoms with van der Waals surface area (Å²) in [6, 6.07) is 14.1. The second-order valence-electron chi connectivity index (χ2n) is 7.48. The minimum absolute atomic E-state index is 0. The molecule has 2 aromatic heterocycles. The Morgan fingerprint density at radius 2 is 2.06 bits per heavy atom. The predicted octanol–water partition coefficient (Wildman–Crippen LogP) is 3.76. The number of nitrogens with zero attached hydrogens (tertiary/aromatic N) is 3. The average molecular weight is 535 g/mol. The molecule has 1 atom stereocenters. The van der Waals surface area contributed by atoms with E-state index in [2.05, 4.69) is 27.9 Å². The van der Waals surface area contributed by atoms with Crippen LogP contribution < -0.4 is 10.6 Å². The topological polar surface area (TPSA) is 76.6 Å². The lowest BCUT2D eigenvalue weighted by Gasteiger charge is -2.15. The molecule has 0 radical (unpaired) electrons. The van der Waals surface area contributed by atoms with Crippen LogP contribution in [0.1, 0.15) is 24.2 Å². The van der Waals surface area contributed by atoms with Gasteiger partial charge < -0.3 is 19.8 Å². The summed E-state index contributed by atoms with van der Waals surface area (Å²) >= 11 is 0. The van der Waals surface area contributed by atoms with Crippen LogP contribution in [0.5, 0.6) is 0 Å². The van der Waals surface area contributed by atoms with Crippen LogP contribution in [-0.2, 0) is 24.8 Å². The molecule has 8 heteroatoms. The van der Waals surface area contributed by atoms with Crippen molar-refractivity contribution < 1.29 is 9.15 Å². The Labute approximate surface area is 200 Å². The molecule has 0 amide bonds. The van der Waals surface area contributed by atoms with E-state index in [9.17, 15) is 0 Å². The summed E-state index contributed by atoms with van der Waals surface area (Å²) in [6.07, 6.45) is 7.00. The number of ether oxygens (including phenoxy) is 1. The normalized spacial score (nSPS) is 16.2. The molecule has 1 unspecified atom stereocenters. The summed E-state index contributed by atoms with van der Waals surface area (Å²) in [5.74, 6) is 1.74. The van der Waals surface area contributed by atoms with Crippen LogP contribution in [-0.4, -0.2) is 41.5 Å². The van der Waals surface area contributed by atoms with Gasteiger partial charge in [-0.1, -0.05) is 30.3 Å². The highest BCUT2D eigenvalue weighted by atomic mass is 127. The van der Waals surface area contributed by atoms with Crippen molar-refractivity contribution in [3.05, 3.63) is 66.2 Å². The maximum absolute atomic E-state index is 5.74. The quantitative estimate of drug-likeness (QED) is 0.261. The van der Waals surface area contributed by atoms with Gasteiger partial charge >= 0.3 is 0 Å². The highest BCUT2D eigenvalue weighted by Crippen LogP contribution is 2.22. The monoisotopic (exact) mass is 535 g/mol. The molecule has 1 aliphatic rings. The van der Waals surface area contributed by atoms with Gasteiger partial charge in [-0.05, 0) is 25.0 Å². The first-order chi connectivity index (χ1) is 14.8. The zero-order chi connectivity index (χ0) is 20.6. The molecule has 7 nitrogen and oxygen atoms in total. The molecule has 1 saturated heterocycles. The van der Waals surface area contributed by atoms with Crippen molar-refractivity contribution in [3.8, 4) is 11.3 Å². The Balaban J connectivity index is 0.00000272.